The van der Waals surface area contributed by atoms with E-state index in [0.29, 0.717) is 22.9 Å². The minimum absolute atomic E-state index is 0.114. The Balaban J connectivity index is 1.92. The van der Waals surface area contributed by atoms with Crippen LogP contribution in [0.3, 0.4) is 0 Å². The molecule has 5 heteroatoms. The maximum absolute atomic E-state index is 12.2. The quantitative estimate of drug-likeness (QED) is 0.873. The van der Waals surface area contributed by atoms with Crippen molar-refractivity contribution in [1.82, 2.24) is 0 Å². The Kier molecular flexibility index (Phi) is 6.16. The zero-order valence-corrected chi connectivity index (χ0v) is 13.9. The molecule has 1 amide bonds. The summed E-state index contributed by atoms with van der Waals surface area (Å²) in [4.78, 5) is 11.1. The van der Waals surface area contributed by atoms with E-state index in [4.69, 9.17) is 11.6 Å². The molecular weight excluding hydrogens is 318 g/mol. The average molecular weight is 336 g/mol. The van der Waals surface area contributed by atoms with Gasteiger partial charge in [0.1, 0.15) is 0 Å². The third kappa shape index (κ3) is 5.28. The second-order valence-corrected chi connectivity index (χ2v) is 7.00. The maximum Gasteiger partial charge on any atom is 0.221 e. The van der Waals surface area contributed by atoms with Crippen molar-refractivity contribution in [1.29, 1.82) is 0 Å². The molecule has 0 aliphatic carbocycles. The highest BCUT2D eigenvalue weighted by molar-refractivity contribution is 7.84. The van der Waals surface area contributed by atoms with Gasteiger partial charge in [-0.25, -0.2) is 0 Å². The summed E-state index contributed by atoms with van der Waals surface area (Å²) in [7, 11) is -0.972. The van der Waals surface area contributed by atoms with Crippen molar-refractivity contribution in [3.8, 4) is 0 Å². The van der Waals surface area contributed by atoms with Crippen LogP contribution in [0.2, 0.25) is 5.02 Å². The molecular formula is C17H18ClNO2S. The first-order valence-electron chi connectivity index (χ1n) is 6.99. The first-order chi connectivity index (χ1) is 10.5. The molecule has 1 unspecified atom stereocenters. The van der Waals surface area contributed by atoms with Crippen molar-refractivity contribution in [3.63, 3.8) is 0 Å². The van der Waals surface area contributed by atoms with Crippen LogP contribution in [0.5, 0.6) is 0 Å². The van der Waals surface area contributed by atoms with Crippen molar-refractivity contribution in [2.45, 2.75) is 19.1 Å². The van der Waals surface area contributed by atoms with Gasteiger partial charge < -0.3 is 5.32 Å². The van der Waals surface area contributed by atoms with Crippen molar-refractivity contribution in [2.24, 2.45) is 0 Å². The number of hydrogen-bond donors (Lipinski definition) is 1. The standard InChI is InChI=1S/C17H18ClNO2S/c1-13(20)19-16-7-4-5-14(11-16)12-22(21)10-9-15-6-2-3-8-17(15)18/h2-8,11H,9-10,12H2,1H3,(H,19,20). The van der Waals surface area contributed by atoms with E-state index in [-0.39, 0.29) is 5.91 Å². The van der Waals surface area contributed by atoms with Gasteiger partial charge in [-0.05, 0) is 35.7 Å². The summed E-state index contributed by atoms with van der Waals surface area (Å²) in [5.41, 5.74) is 2.70. The molecule has 0 fully saturated rings. The van der Waals surface area contributed by atoms with Gasteiger partial charge in [0.25, 0.3) is 0 Å². The first-order valence-corrected chi connectivity index (χ1v) is 8.86. The summed E-state index contributed by atoms with van der Waals surface area (Å²) < 4.78 is 12.2. The lowest BCUT2D eigenvalue weighted by atomic mass is 10.2. The van der Waals surface area contributed by atoms with Gasteiger partial charge in [0, 0.05) is 39.9 Å². The van der Waals surface area contributed by atoms with E-state index in [1.807, 2.05) is 48.5 Å². The second-order valence-electron chi connectivity index (χ2n) is 5.01. The third-order valence-electron chi connectivity index (χ3n) is 3.13. The van der Waals surface area contributed by atoms with Gasteiger partial charge in [0.15, 0.2) is 0 Å². The summed E-state index contributed by atoms with van der Waals surface area (Å²) in [6.07, 6.45) is 0.692. The number of carbonyl (C=O) groups is 1. The molecule has 1 N–H and O–H groups in total. The molecule has 0 heterocycles. The molecule has 0 saturated heterocycles. The van der Waals surface area contributed by atoms with Crippen molar-refractivity contribution >= 4 is 34.0 Å². The minimum Gasteiger partial charge on any atom is -0.326 e. The molecule has 0 aromatic heterocycles. The lowest BCUT2D eigenvalue weighted by Gasteiger charge is -2.07. The van der Waals surface area contributed by atoms with E-state index in [1.165, 1.54) is 6.92 Å². The molecule has 0 bridgehead atoms. The third-order valence-corrected chi connectivity index (χ3v) is 4.82. The van der Waals surface area contributed by atoms with Crippen molar-refractivity contribution in [2.75, 3.05) is 11.1 Å². The van der Waals surface area contributed by atoms with Crippen LogP contribution in [-0.4, -0.2) is 15.9 Å². The number of benzene rings is 2. The van der Waals surface area contributed by atoms with Crippen LogP contribution in [0.25, 0.3) is 0 Å². The molecule has 116 valence electrons. The summed E-state index contributed by atoms with van der Waals surface area (Å²) in [5.74, 6) is 0.920. The minimum atomic E-state index is -0.972. The van der Waals surface area contributed by atoms with Crippen LogP contribution < -0.4 is 5.32 Å². The van der Waals surface area contributed by atoms with Gasteiger partial charge in [-0.3, -0.25) is 9.00 Å². The van der Waals surface area contributed by atoms with Gasteiger partial charge in [-0.1, -0.05) is 41.9 Å². The number of rotatable bonds is 6. The number of hydrogen-bond acceptors (Lipinski definition) is 2. The highest BCUT2D eigenvalue weighted by atomic mass is 35.5. The van der Waals surface area contributed by atoms with Crippen LogP contribution >= 0.6 is 11.6 Å². The number of anilines is 1. The zero-order valence-electron chi connectivity index (χ0n) is 12.3. The largest absolute Gasteiger partial charge is 0.326 e. The number of nitrogens with one attached hydrogen (secondary N) is 1. The topological polar surface area (TPSA) is 46.2 Å². The second kappa shape index (κ2) is 8.11. The SMILES string of the molecule is CC(=O)Nc1cccc(CS(=O)CCc2ccccc2Cl)c1. The molecule has 3 nitrogen and oxygen atoms in total. The average Bonchev–Trinajstić information content (AvgIpc) is 2.46. The van der Waals surface area contributed by atoms with Gasteiger partial charge in [0.2, 0.25) is 5.91 Å². The molecule has 22 heavy (non-hydrogen) atoms. The fourth-order valence-corrected chi connectivity index (χ4v) is 3.50. The van der Waals surface area contributed by atoms with Gasteiger partial charge >= 0.3 is 0 Å². The first kappa shape index (κ1) is 16.7. The van der Waals surface area contributed by atoms with Crippen molar-refractivity contribution < 1.29 is 9.00 Å². The Bertz CT molecular complexity index is 688. The smallest absolute Gasteiger partial charge is 0.221 e. The normalized spacial score (nSPS) is 11.9. The van der Waals surface area contributed by atoms with Gasteiger partial charge in [-0.15, -0.1) is 0 Å². The number of carbonyl (C=O) groups excluding carboxylic acids is 1. The number of amides is 1. The summed E-state index contributed by atoms with van der Waals surface area (Å²) in [5, 5.41) is 3.44. The van der Waals surface area contributed by atoms with E-state index in [1.54, 1.807) is 0 Å². The predicted octanol–water partition coefficient (Wildman–Crippen LogP) is 3.79. The van der Waals surface area contributed by atoms with Crippen LogP contribution in [0.15, 0.2) is 48.5 Å². The highest BCUT2D eigenvalue weighted by Gasteiger charge is 2.06. The molecule has 0 aliphatic heterocycles. The molecule has 2 aromatic carbocycles. The van der Waals surface area contributed by atoms with Crippen LogP contribution in [0.4, 0.5) is 5.69 Å². The van der Waals surface area contributed by atoms with Crippen LogP contribution in [-0.2, 0) is 27.8 Å². The molecule has 0 spiro atoms. The summed E-state index contributed by atoms with van der Waals surface area (Å²) in [6.45, 7) is 1.47. The van der Waals surface area contributed by atoms with E-state index in [9.17, 15) is 9.00 Å². The Morgan fingerprint density at radius 2 is 1.95 bits per heavy atom. The van der Waals surface area contributed by atoms with E-state index in [0.717, 1.165) is 16.8 Å². The summed E-state index contributed by atoms with van der Waals surface area (Å²) >= 11 is 6.10. The number of aryl methyl sites for hydroxylation is 1. The molecule has 2 rings (SSSR count). The molecule has 0 saturated carbocycles. The van der Waals surface area contributed by atoms with E-state index < -0.39 is 10.8 Å². The maximum atomic E-state index is 12.2. The monoisotopic (exact) mass is 335 g/mol. The van der Waals surface area contributed by atoms with Gasteiger partial charge in [0.05, 0.1) is 0 Å². The molecule has 0 radical (unpaired) electrons. The molecule has 2 aromatic rings. The summed E-state index contributed by atoms with van der Waals surface area (Å²) in [6, 6.07) is 15.1. The lowest BCUT2D eigenvalue weighted by molar-refractivity contribution is -0.114. The Morgan fingerprint density at radius 3 is 2.68 bits per heavy atom. The van der Waals surface area contributed by atoms with Crippen LogP contribution in [0, 0.1) is 0 Å². The van der Waals surface area contributed by atoms with Crippen LogP contribution in [0.1, 0.15) is 18.1 Å². The molecule has 1 atom stereocenters. The highest BCUT2D eigenvalue weighted by Crippen LogP contribution is 2.17. The number of halogens is 1. The van der Waals surface area contributed by atoms with Gasteiger partial charge in [-0.2, -0.15) is 0 Å². The van der Waals surface area contributed by atoms with E-state index >= 15 is 0 Å². The fraction of sp³-hybridized carbons (Fsp3) is 0.235. The Morgan fingerprint density at radius 1 is 1.18 bits per heavy atom. The predicted molar refractivity (Wildman–Crippen MR) is 92.6 cm³/mol. The Hall–Kier alpha value is -1.65. The van der Waals surface area contributed by atoms with Crippen molar-refractivity contribution in [3.05, 3.63) is 64.7 Å². The fourth-order valence-electron chi connectivity index (χ4n) is 2.13. The molecule has 0 aliphatic rings. The van der Waals surface area contributed by atoms with E-state index in [2.05, 4.69) is 5.32 Å². The lowest BCUT2D eigenvalue weighted by Crippen LogP contribution is -2.07. The Labute approximate surface area is 138 Å². The zero-order chi connectivity index (χ0) is 15.9.